The van der Waals surface area contributed by atoms with E-state index in [1.54, 1.807) is 0 Å². The summed E-state index contributed by atoms with van der Waals surface area (Å²) >= 11 is 0. The van der Waals surface area contributed by atoms with Crippen LogP contribution in [0, 0.1) is 19.1 Å². The summed E-state index contributed by atoms with van der Waals surface area (Å²) in [5.74, 6) is 0. The third-order valence-electron chi connectivity index (χ3n) is 7.82. The van der Waals surface area contributed by atoms with Gasteiger partial charge in [0.05, 0.1) is 0 Å². The zero-order valence-electron chi connectivity index (χ0n) is 23.6. The molecule has 0 N–H and O–H groups in total. The Kier molecular flexibility index (Phi) is 8.17. The van der Waals surface area contributed by atoms with Crippen molar-refractivity contribution in [2.24, 2.45) is 0 Å². The van der Waals surface area contributed by atoms with Crippen LogP contribution in [0.1, 0.15) is 54.2 Å². The molecule has 0 spiro atoms. The van der Waals surface area contributed by atoms with Crippen LogP contribution in [0.15, 0.2) is 85.2 Å². The fraction of sp³-hybridized carbons (Fsp3) is 0.243. The number of aromatic nitrogens is 2. The van der Waals surface area contributed by atoms with Crippen molar-refractivity contribution >= 4 is 0 Å². The van der Waals surface area contributed by atoms with E-state index in [2.05, 4.69) is 98.3 Å². The molecule has 0 atom stereocenters. The maximum absolute atomic E-state index is 4.56. The van der Waals surface area contributed by atoms with E-state index in [9.17, 15) is 0 Å². The van der Waals surface area contributed by atoms with Crippen LogP contribution >= 0.6 is 0 Å². The molecule has 2 aromatic heterocycles. The number of benzene rings is 3. The van der Waals surface area contributed by atoms with Crippen molar-refractivity contribution in [3.63, 3.8) is 0 Å². The Hall–Kier alpha value is -3.39. The molecule has 1 radical (unpaired) electrons. The molecule has 3 heteroatoms. The van der Waals surface area contributed by atoms with E-state index in [-0.39, 0.29) is 25.5 Å². The summed E-state index contributed by atoms with van der Waals surface area (Å²) in [6.45, 7) is 8.75. The topological polar surface area (TPSA) is 25.8 Å². The molecule has 5 aromatic rings. The van der Waals surface area contributed by atoms with Crippen molar-refractivity contribution in [1.29, 1.82) is 0 Å². The van der Waals surface area contributed by atoms with E-state index >= 15 is 0 Å². The fourth-order valence-electron chi connectivity index (χ4n) is 5.74. The molecule has 0 bridgehead atoms. The van der Waals surface area contributed by atoms with Gasteiger partial charge in [0.2, 0.25) is 0 Å². The van der Waals surface area contributed by atoms with Crippen molar-refractivity contribution in [1.82, 2.24) is 9.97 Å². The Morgan fingerprint density at radius 3 is 2.08 bits per heavy atom. The zero-order chi connectivity index (χ0) is 27.0. The van der Waals surface area contributed by atoms with Gasteiger partial charge >= 0.3 is 0 Å². The first-order chi connectivity index (χ1) is 18.9. The van der Waals surface area contributed by atoms with Gasteiger partial charge in [-0.2, -0.15) is 0 Å². The minimum Gasteiger partial charge on any atom is -0.305 e. The smallest absolute Gasteiger partial charge is 0.0163 e. The summed E-state index contributed by atoms with van der Waals surface area (Å²) in [5, 5.41) is 0. The SMILES string of the molecule is CC(C)(C)c1ccnc(-c2[c-]cccc2)c1.Cc1ccnc(-c2[c-]c3c4c(c2)CCc2cccc(c2-4)CC3)c1.[Ir]. The average molecular weight is 699 g/mol. The summed E-state index contributed by atoms with van der Waals surface area (Å²) in [5.41, 5.74) is 15.9. The summed E-state index contributed by atoms with van der Waals surface area (Å²) in [7, 11) is 0. The summed E-state index contributed by atoms with van der Waals surface area (Å²) in [6.07, 6.45) is 8.29. The van der Waals surface area contributed by atoms with Gasteiger partial charge in [0.15, 0.2) is 0 Å². The van der Waals surface area contributed by atoms with Gasteiger partial charge in [-0.1, -0.05) is 67.8 Å². The van der Waals surface area contributed by atoms with Gasteiger partial charge in [0.1, 0.15) is 0 Å². The summed E-state index contributed by atoms with van der Waals surface area (Å²) in [4.78, 5) is 8.95. The molecule has 3 aromatic carbocycles. The van der Waals surface area contributed by atoms with E-state index in [0.29, 0.717) is 0 Å². The van der Waals surface area contributed by atoms with E-state index < -0.39 is 0 Å². The van der Waals surface area contributed by atoms with Crippen LogP contribution in [0.25, 0.3) is 33.6 Å². The molecule has 0 saturated heterocycles. The molecule has 0 fully saturated rings. The van der Waals surface area contributed by atoms with Crippen LogP contribution in [0.5, 0.6) is 0 Å². The molecule has 203 valence electrons. The first-order valence-corrected chi connectivity index (χ1v) is 13.9. The maximum Gasteiger partial charge on any atom is 0.0163 e. The molecular weight excluding hydrogens is 665 g/mol. The number of pyridine rings is 2. The minimum atomic E-state index is 0. The number of aryl methyl sites for hydroxylation is 5. The molecule has 0 saturated carbocycles. The normalized spacial score (nSPS) is 12.9. The first-order valence-electron chi connectivity index (χ1n) is 13.9. The second-order valence-corrected chi connectivity index (χ2v) is 11.7. The fourth-order valence-corrected chi connectivity index (χ4v) is 5.74. The van der Waals surface area contributed by atoms with Gasteiger partial charge in [-0.15, -0.1) is 64.7 Å². The number of hydrogen-bond acceptors (Lipinski definition) is 2. The summed E-state index contributed by atoms with van der Waals surface area (Å²) in [6, 6.07) is 32.4. The van der Waals surface area contributed by atoms with Gasteiger partial charge in [0.25, 0.3) is 0 Å². The molecule has 7 rings (SSSR count). The molecular formula is C37H34IrN2-2. The predicted molar refractivity (Wildman–Crippen MR) is 161 cm³/mol. The maximum atomic E-state index is 4.56. The first kappa shape index (κ1) is 28.1. The van der Waals surface area contributed by atoms with Crippen LogP contribution in [0.2, 0.25) is 0 Å². The molecule has 0 aliphatic heterocycles. The number of rotatable bonds is 2. The molecule has 0 unspecified atom stereocenters. The largest absolute Gasteiger partial charge is 0.305 e. The van der Waals surface area contributed by atoms with Crippen LogP contribution < -0.4 is 0 Å². The minimum absolute atomic E-state index is 0. The van der Waals surface area contributed by atoms with Gasteiger partial charge in [-0.25, -0.2) is 0 Å². The van der Waals surface area contributed by atoms with E-state index in [0.717, 1.165) is 48.2 Å². The molecule has 2 nitrogen and oxygen atoms in total. The standard InChI is InChI=1S/C22H18N.C15H16N.Ir/c1-14-9-10-23-20(11-14)19-12-17-7-5-15-3-2-4-16-6-8-18(13-19)22(17)21(15)16;1-15(2,3)13-9-10-16-14(11-13)12-7-5-4-6-8-12;/h2-4,9-12H,5-8H2,1H3;4-7,9-11H,1-3H3;/q2*-1;. The van der Waals surface area contributed by atoms with Crippen LogP contribution in [-0.4, -0.2) is 9.97 Å². The van der Waals surface area contributed by atoms with Crippen LogP contribution in [-0.2, 0) is 51.2 Å². The van der Waals surface area contributed by atoms with E-state index in [1.807, 2.05) is 36.7 Å². The summed E-state index contributed by atoms with van der Waals surface area (Å²) < 4.78 is 0. The second-order valence-electron chi connectivity index (χ2n) is 11.7. The van der Waals surface area contributed by atoms with Gasteiger partial charge < -0.3 is 9.97 Å². The number of nitrogens with zero attached hydrogens (tertiary/aromatic N) is 2. The zero-order valence-corrected chi connectivity index (χ0v) is 26.0. The third-order valence-corrected chi connectivity index (χ3v) is 7.82. The Bertz CT molecular complexity index is 1600. The van der Waals surface area contributed by atoms with Gasteiger partial charge in [-0.05, 0) is 78.2 Å². The van der Waals surface area contributed by atoms with Crippen molar-refractivity contribution in [3.8, 4) is 33.6 Å². The van der Waals surface area contributed by atoms with Gasteiger partial charge in [-0.3, -0.25) is 0 Å². The average Bonchev–Trinajstić information content (AvgIpc) is 2.96. The van der Waals surface area contributed by atoms with Crippen molar-refractivity contribution < 1.29 is 20.1 Å². The monoisotopic (exact) mass is 699 g/mol. The Balaban J connectivity index is 0.000000168. The molecule has 2 aliphatic carbocycles. The Labute approximate surface area is 252 Å². The van der Waals surface area contributed by atoms with Crippen molar-refractivity contribution in [2.75, 3.05) is 0 Å². The Morgan fingerprint density at radius 2 is 1.38 bits per heavy atom. The van der Waals surface area contributed by atoms with Gasteiger partial charge in [0, 0.05) is 32.5 Å². The van der Waals surface area contributed by atoms with E-state index in [1.165, 1.54) is 44.5 Å². The Morgan fingerprint density at radius 1 is 0.675 bits per heavy atom. The van der Waals surface area contributed by atoms with Crippen LogP contribution in [0.3, 0.4) is 0 Å². The molecule has 2 heterocycles. The third kappa shape index (κ3) is 5.73. The molecule has 40 heavy (non-hydrogen) atoms. The molecule has 0 amide bonds. The quantitative estimate of drug-likeness (QED) is 0.173. The predicted octanol–water partition coefficient (Wildman–Crippen LogP) is 8.57. The van der Waals surface area contributed by atoms with Crippen molar-refractivity contribution in [2.45, 2.75) is 58.8 Å². The molecule has 2 aliphatic rings. The van der Waals surface area contributed by atoms with Crippen LogP contribution in [0.4, 0.5) is 0 Å². The number of hydrogen-bond donors (Lipinski definition) is 0. The second kappa shape index (κ2) is 11.6. The van der Waals surface area contributed by atoms with E-state index in [4.69, 9.17) is 0 Å². The van der Waals surface area contributed by atoms with Crippen molar-refractivity contribution in [3.05, 3.63) is 131 Å².